The number of hydrogen-bond donors (Lipinski definition) is 1. The normalized spacial score (nSPS) is 20.9. The zero-order valence-corrected chi connectivity index (χ0v) is 11.6. The number of rotatable bonds is 3. The van der Waals surface area contributed by atoms with E-state index in [-0.39, 0.29) is 11.7 Å². The molecule has 0 aromatic heterocycles. The maximum absolute atomic E-state index is 13.7. The summed E-state index contributed by atoms with van der Waals surface area (Å²) in [6.07, 6.45) is 2.09. The highest BCUT2D eigenvalue weighted by Crippen LogP contribution is 2.21. The number of piperidine rings is 1. The summed E-state index contributed by atoms with van der Waals surface area (Å²) in [5.74, 6) is 0.00376. The third-order valence-electron chi connectivity index (χ3n) is 3.32. The van der Waals surface area contributed by atoms with E-state index in [1.807, 2.05) is 0 Å². The molecule has 1 heterocycles. The molecule has 0 radical (unpaired) electrons. The van der Waals surface area contributed by atoms with Crippen molar-refractivity contribution in [1.29, 1.82) is 0 Å². The van der Waals surface area contributed by atoms with Crippen molar-refractivity contribution in [3.63, 3.8) is 0 Å². The van der Waals surface area contributed by atoms with Gasteiger partial charge in [-0.1, -0.05) is 29.9 Å². The number of likely N-dealkylation sites (tertiary alicyclic amines) is 1. The summed E-state index contributed by atoms with van der Waals surface area (Å²) in [5, 5.41) is 0.427. The van der Waals surface area contributed by atoms with Crippen molar-refractivity contribution >= 4 is 28.8 Å². The molecule has 5 heteroatoms. The van der Waals surface area contributed by atoms with E-state index in [1.165, 1.54) is 6.07 Å². The number of nitrogens with two attached hydrogens (primary N) is 1. The summed E-state index contributed by atoms with van der Waals surface area (Å²) >= 11 is 10.8. The minimum absolute atomic E-state index is 0.250. The second-order valence-electron chi connectivity index (χ2n) is 4.71. The Morgan fingerprint density at radius 1 is 1.56 bits per heavy atom. The van der Waals surface area contributed by atoms with Crippen molar-refractivity contribution in [3.05, 3.63) is 34.6 Å². The van der Waals surface area contributed by atoms with Crippen LogP contribution in [0.2, 0.25) is 5.02 Å². The van der Waals surface area contributed by atoms with E-state index in [0.717, 1.165) is 25.9 Å². The summed E-state index contributed by atoms with van der Waals surface area (Å²) in [6, 6.07) is 4.81. The van der Waals surface area contributed by atoms with Crippen molar-refractivity contribution in [1.82, 2.24) is 4.90 Å². The fraction of sp³-hybridized carbons (Fsp3) is 0.462. The fourth-order valence-corrected chi connectivity index (χ4v) is 2.67. The van der Waals surface area contributed by atoms with Crippen molar-refractivity contribution in [2.24, 2.45) is 11.7 Å². The molecule has 0 amide bonds. The van der Waals surface area contributed by atoms with Gasteiger partial charge in [-0.05, 0) is 31.5 Å². The first-order valence-electron chi connectivity index (χ1n) is 6.02. The van der Waals surface area contributed by atoms with Crippen molar-refractivity contribution < 1.29 is 4.39 Å². The lowest BCUT2D eigenvalue weighted by atomic mass is 9.97. The van der Waals surface area contributed by atoms with E-state index in [4.69, 9.17) is 29.6 Å². The van der Waals surface area contributed by atoms with Crippen LogP contribution in [0.1, 0.15) is 18.4 Å². The Morgan fingerprint density at radius 3 is 3.00 bits per heavy atom. The topological polar surface area (TPSA) is 29.3 Å². The van der Waals surface area contributed by atoms with Gasteiger partial charge >= 0.3 is 0 Å². The lowest BCUT2D eigenvalue weighted by Crippen LogP contribution is -2.40. The molecule has 2 nitrogen and oxygen atoms in total. The van der Waals surface area contributed by atoms with Gasteiger partial charge in [0.2, 0.25) is 0 Å². The van der Waals surface area contributed by atoms with Crippen LogP contribution in [-0.4, -0.2) is 23.0 Å². The quantitative estimate of drug-likeness (QED) is 0.866. The van der Waals surface area contributed by atoms with Gasteiger partial charge in [-0.25, -0.2) is 4.39 Å². The summed E-state index contributed by atoms with van der Waals surface area (Å²) in [7, 11) is 0. The minimum atomic E-state index is -0.250. The smallest absolute Gasteiger partial charge is 0.129 e. The van der Waals surface area contributed by atoms with E-state index >= 15 is 0 Å². The lowest BCUT2D eigenvalue weighted by molar-refractivity contribution is 0.195. The van der Waals surface area contributed by atoms with Crippen molar-refractivity contribution in [2.75, 3.05) is 13.1 Å². The second kappa shape index (κ2) is 5.95. The molecule has 0 saturated carbocycles. The average molecular weight is 287 g/mol. The molecule has 1 aliphatic heterocycles. The van der Waals surface area contributed by atoms with Crippen LogP contribution in [0, 0.1) is 11.7 Å². The SMILES string of the molecule is NC(=S)C1CCCN(Cc2ccc(Cl)cc2F)C1. The van der Waals surface area contributed by atoms with E-state index in [2.05, 4.69) is 4.90 Å². The molecule has 1 atom stereocenters. The van der Waals surface area contributed by atoms with Gasteiger partial charge in [0.15, 0.2) is 0 Å². The Kier molecular flexibility index (Phi) is 4.54. The molecule has 2 N–H and O–H groups in total. The standard InChI is InChI=1S/C13H16ClFN2S/c14-11-4-3-9(12(15)6-11)7-17-5-1-2-10(8-17)13(16)18/h3-4,6,10H,1-2,5,7-8H2,(H2,16,18). The van der Waals surface area contributed by atoms with Crippen LogP contribution in [0.25, 0.3) is 0 Å². The van der Waals surface area contributed by atoms with Gasteiger partial charge in [-0.15, -0.1) is 0 Å². The van der Waals surface area contributed by atoms with Gasteiger partial charge in [0.25, 0.3) is 0 Å². The molecule has 1 aromatic carbocycles. The third-order valence-corrected chi connectivity index (χ3v) is 3.89. The number of halogens is 2. The number of thiocarbonyl (C=S) groups is 1. The molecule has 1 unspecified atom stereocenters. The molecule has 1 aromatic rings. The Bertz CT molecular complexity index is 453. The Morgan fingerprint density at radius 2 is 2.33 bits per heavy atom. The zero-order valence-electron chi connectivity index (χ0n) is 10.0. The summed E-state index contributed by atoms with van der Waals surface area (Å²) in [6.45, 7) is 2.36. The molecule has 0 aliphatic carbocycles. The Hall–Kier alpha value is -0.710. The van der Waals surface area contributed by atoms with Crippen LogP contribution in [0.4, 0.5) is 4.39 Å². The summed E-state index contributed by atoms with van der Waals surface area (Å²) < 4.78 is 13.7. The molecular formula is C13H16ClFN2S. The van der Waals surface area contributed by atoms with Crippen LogP contribution in [0.3, 0.4) is 0 Å². The van der Waals surface area contributed by atoms with Crippen LogP contribution < -0.4 is 5.73 Å². The number of benzene rings is 1. The highest BCUT2D eigenvalue weighted by Gasteiger charge is 2.22. The van der Waals surface area contributed by atoms with E-state index in [9.17, 15) is 4.39 Å². The van der Waals surface area contributed by atoms with Crippen molar-refractivity contribution in [2.45, 2.75) is 19.4 Å². The van der Waals surface area contributed by atoms with Crippen LogP contribution in [0.15, 0.2) is 18.2 Å². The van der Waals surface area contributed by atoms with Gasteiger partial charge < -0.3 is 5.73 Å². The monoisotopic (exact) mass is 286 g/mol. The molecular weight excluding hydrogens is 271 g/mol. The Balaban J connectivity index is 2.02. The molecule has 2 rings (SSSR count). The van der Waals surface area contributed by atoms with E-state index in [0.29, 0.717) is 22.1 Å². The number of nitrogens with zero attached hydrogens (tertiary/aromatic N) is 1. The predicted molar refractivity (Wildman–Crippen MR) is 76.2 cm³/mol. The van der Waals surface area contributed by atoms with Crippen LogP contribution >= 0.6 is 23.8 Å². The van der Waals surface area contributed by atoms with Crippen molar-refractivity contribution in [3.8, 4) is 0 Å². The molecule has 1 fully saturated rings. The molecule has 0 bridgehead atoms. The van der Waals surface area contributed by atoms with Crippen LogP contribution in [0.5, 0.6) is 0 Å². The van der Waals surface area contributed by atoms with Gasteiger partial charge in [-0.2, -0.15) is 0 Å². The first-order valence-corrected chi connectivity index (χ1v) is 6.80. The van der Waals surface area contributed by atoms with E-state index in [1.54, 1.807) is 12.1 Å². The number of hydrogen-bond acceptors (Lipinski definition) is 2. The summed E-state index contributed by atoms with van der Waals surface area (Å²) in [5.41, 5.74) is 6.36. The minimum Gasteiger partial charge on any atom is -0.393 e. The highest BCUT2D eigenvalue weighted by atomic mass is 35.5. The summed E-state index contributed by atoms with van der Waals surface area (Å²) in [4.78, 5) is 2.76. The highest BCUT2D eigenvalue weighted by molar-refractivity contribution is 7.80. The Labute approximate surface area is 117 Å². The molecule has 0 spiro atoms. The van der Waals surface area contributed by atoms with Gasteiger partial charge in [0.1, 0.15) is 5.82 Å². The van der Waals surface area contributed by atoms with Crippen LogP contribution in [-0.2, 0) is 6.54 Å². The van der Waals surface area contributed by atoms with Gasteiger partial charge in [0, 0.05) is 29.6 Å². The largest absolute Gasteiger partial charge is 0.393 e. The average Bonchev–Trinajstić information content (AvgIpc) is 2.33. The maximum Gasteiger partial charge on any atom is 0.129 e. The molecule has 18 heavy (non-hydrogen) atoms. The molecule has 1 saturated heterocycles. The zero-order chi connectivity index (χ0) is 13.1. The first kappa shape index (κ1) is 13.7. The van der Waals surface area contributed by atoms with Gasteiger partial charge in [0.05, 0.1) is 4.99 Å². The lowest BCUT2D eigenvalue weighted by Gasteiger charge is -2.32. The molecule has 98 valence electrons. The molecule has 1 aliphatic rings. The van der Waals surface area contributed by atoms with E-state index < -0.39 is 0 Å². The maximum atomic E-state index is 13.7. The predicted octanol–water partition coefficient (Wildman–Crippen LogP) is 2.98. The third kappa shape index (κ3) is 3.40. The fourth-order valence-electron chi connectivity index (χ4n) is 2.32. The van der Waals surface area contributed by atoms with Gasteiger partial charge in [-0.3, -0.25) is 4.90 Å². The first-order chi connectivity index (χ1) is 8.56. The second-order valence-corrected chi connectivity index (χ2v) is 5.62.